The van der Waals surface area contributed by atoms with E-state index in [0.29, 0.717) is 28.4 Å². The van der Waals surface area contributed by atoms with Gasteiger partial charge in [0.1, 0.15) is 18.1 Å². The highest BCUT2D eigenvalue weighted by Gasteiger charge is 2.29. The van der Waals surface area contributed by atoms with Crippen LogP contribution in [0.5, 0.6) is 11.5 Å². The maximum atomic E-state index is 11.9. The number of amides is 1. The van der Waals surface area contributed by atoms with Crippen LogP contribution in [0.3, 0.4) is 0 Å². The third kappa shape index (κ3) is 6.61. The zero-order valence-electron chi connectivity index (χ0n) is 14.8. The number of benzene rings is 2. The van der Waals surface area contributed by atoms with E-state index in [1.807, 2.05) is 12.1 Å². The van der Waals surface area contributed by atoms with Crippen molar-refractivity contribution in [1.29, 1.82) is 0 Å². The van der Waals surface area contributed by atoms with Crippen LogP contribution in [-0.2, 0) is 4.79 Å². The molecule has 0 saturated heterocycles. The van der Waals surface area contributed by atoms with Crippen LogP contribution in [0.15, 0.2) is 48.5 Å². The lowest BCUT2D eigenvalue weighted by atomic mass is 9.87. The normalized spacial score (nSPS) is 18.4. The molecular weight excluding hydrogens is 387 g/mol. The maximum absolute atomic E-state index is 11.9. The van der Waals surface area contributed by atoms with Crippen LogP contribution >= 0.6 is 23.2 Å². The number of ether oxygens (including phenoxy) is 2. The Bertz CT molecular complexity index is 732. The molecule has 2 N–H and O–H groups in total. The number of hydrogen-bond donors (Lipinski definition) is 2. The molecule has 5 nitrogen and oxygen atoms in total. The quantitative estimate of drug-likeness (QED) is 0.621. The van der Waals surface area contributed by atoms with Crippen molar-refractivity contribution in [2.45, 2.75) is 24.9 Å². The Morgan fingerprint density at radius 3 is 2.04 bits per heavy atom. The molecule has 1 aliphatic rings. The van der Waals surface area contributed by atoms with Gasteiger partial charge < -0.3 is 20.1 Å². The fraction of sp³-hybridized carbons (Fsp3) is 0.350. The molecule has 0 radical (unpaired) electrons. The smallest absolute Gasteiger partial charge is 0.258 e. The van der Waals surface area contributed by atoms with Crippen molar-refractivity contribution in [1.82, 2.24) is 10.6 Å². The summed E-state index contributed by atoms with van der Waals surface area (Å²) >= 11 is 11.6. The van der Waals surface area contributed by atoms with Gasteiger partial charge in [-0.2, -0.15) is 0 Å². The second kappa shape index (κ2) is 9.83. The molecule has 1 amide bonds. The molecule has 0 unspecified atom stereocenters. The molecule has 1 fully saturated rings. The first kappa shape index (κ1) is 19.8. The highest BCUT2D eigenvalue weighted by molar-refractivity contribution is 6.30. The third-order valence-corrected chi connectivity index (χ3v) is 4.81. The number of carbonyl (C=O) groups excluding carboxylic acids is 1. The Balaban J connectivity index is 1.23. The van der Waals surface area contributed by atoms with E-state index in [-0.39, 0.29) is 18.6 Å². The topological polar surface area (TPSA) is 59.6 Å². The van der Waals surface area contributed by atoms with Crippen molar-refractivity contribution in [3.8, 4) is 11.5 Å². The van der Waals surface area contributed by atoms with Crippen molar-refractivity contribution >= 4 is 29.1 Å². The van der Waals surface area contributed by atoms with Crippen LogP contribution in [-0.4, -0.2) is 37.7 Å². The molecule has 2 aromatic carbocycles. The summed E-state index contributed by atoms with van der Waals surface area (Å²) in [6.07, 6.45) is 1.82. The first-order valence-electron chi connectivity index (χ1n) is 8.88. The molecule has 27 heavy (non-hydrogen) atoms. The van der Waals surface area contributed by atoms with E-state index in [1.54, 1.807) is 36.4 Å². The van der Waals surface area contributed by atoms with Gasteiger partial charge in [-0.05, 0) is 61.4 Å². The van der Waals surface area contributed by atoms with E-state index in [2.05, 4.69) is 10.6 Å². The van der Waals surface area contributed by atoms with Crippen LogP contribution in [0.1, 0.15) is 12.8 Å². The van der Waals surface area contributed by atoms with Gasteiger partial charge in [0.25, 0.3) is 5.91 Å². The number of carbonyl (C=O) groups is 1. The molecule has 0 aromatic heterocycles. The van der Waals surface area contributed by atoms with Gasteiger partial charge in [-0.15, -0.1) is 0 Å². The first-order valence-corrected chi connectivity index (χ1v) is 9.63. The summed E-state index contributed by atoms with van der Waals surface area (Å²) in [5.41, 5.74) is 0. The molecule has 1 aliphatic carbocycles. The summed E-state index contributed by atoms with van der Waals surface area (Å²) in [7, 11) is 0. The highest BCUT2D eigenvalue weighted by Crippen LogP contribution is 2.20. The Hall–Kier alpha value is -1.95. The van der Waals surface area contributed by atoms with Crippen molar-refractivity contribution < 1.29 is 14.3 Å². The molecule has 3 rings (SSSR count). The Morgan fingerprint density at radius 1 is 0.889 bits per heavy atom. The minimum Gasteiger partial charge on any atom is -0.492 e. The average molecular weight is 409 g/mol. The largest absolute Gasteiger partial charge is 0.492 e. The van der Waals surface area contributed by atoms with E-state index < -0.39 is 0 Å². The monoisotopic (exact) mass is 408 g/mol. The zero-order chi connectivity index (χ0) is 19.1. The average Bonchev–Trinajstić information content (AvgIpc) is 2.63. The lowest BCUT2D eigenvalue weighted by Gasteiger charge is -2.36. The van der Waals surface area contributed by atoms with Gasteiger partial charge >= 0.3 is 0 Å². The van der Waals surface area contributed by atoms with Crippen LogP contribution < -0.4 is 20.1 Å². The van der Waals surface area contributed by atoms with E-state index in [9.17, 15) is 4.79 Å². The third-order valence-electron chi connectivity index (χ3n) is 4.30. The highest BCUT2D eigenvalue weighted by atomic mass is 35.5. The van der Waals surface area contributed by atoms with Crippen LogP contribution in [0.25, 0.3) is 0 Å². The summed E-state index contributed by atoms with van der Waals surface area (Å²) in [6.45, 7) is 1.35. The Morgan fingerprint density at radius 2 is 1.44 bits per heavy atom. The van der Waals surface area contributed by atoms with Gasteiger partial charge in [-0.25, -0.2) is 0 Å². The molecule has 0 heterocycles. The molecule has 0 bridgehead atoms. The zero-order valence-corrected chi connectivity index (χ0v) is 16.3. The minimum atomic E-state index is -0.112. The SMILES string of the molecule is O=C(COc1ccc(Cl)cc1)NC1CC(NCCOc2ccc(Cl)cc2)C1. The van der Waals surface area contributed by atoms with Crippen LogP contribution in [0.2, 0.25) is 10.0 Å². The molecule has 0 aliphatic heterocycles. The van der Waals surface area contributed by atoms with Crippen LogP contribution in [0.4, 0.5) is 0 Å². The molecule has 144 valence electrons. The molecule has 1 saturated carbocycles. The van der Waals surface area contributed by atoms with Gasteiger partial charge in [-0.1, -0.05) is 23.2 Å². The number of halogens is 2. The summed E-state index contributed by atoms with van der Waals surface area (Å²) in [6, 6.07) is 14.9. The summed E-state index contributed by atoms with van der Waals surface area (Å²) in [4.78, 5) is 11.9. The summed E-state index contributed by atoms with van der Waals surface area (Å²) in [5, 5.41) is 7.73. The maximum Gasteiger partial charge on any atom is 0.258 e. The number of hydrogen-bond acceptors (Lipinski definition) is 4. The van der Waals surface area contributed by atoms with Crippen molar-refractivity contribution in [3.05, 3.63) is 58.6 Å². The molecular formula is C20H22Cl2N2O3. The van der Waals surface area contributed by atoms with Gasteiger partial charge in [0.15, 0.2) is 6.61 Å². The standard InChI is InChI=1S/C20H22Cl2N2O3/c21-14-1-5-18(6-2-14)26-10-9-23-16-11-17(12-16)24-20(25)13-27-19-7-3-15(22)4-8-19/h1-8,16-17,23H,9-13H2,(H,24,25). The van der Waals surface area contributed by atoms with E-state index in [4.69, 9.17) is 32.7 Å². The molecule has 2 aromatic rings. The number of nitrogens with one attached hydrogen (secondary N) is 2. The van der Waals surface area contributed by atoms with E-state index >= 15 is 0 Å². The summed E-state index contributed by atoms with van der Waals surface area (Å²) < 4.78 is 11.1. The molecule has 7 heteroatoms. The van der Waals surface area contributed by atoms with E-state index in [0.717, 1.165) is 25.1 Å². The first-order chi connectivity index (χ1) is 13.1. The number of rotatable bonds is 9. The Labute approximate surface area is 168 Å². The van der Waals surface area contributed by atoms with Gasteiger partial charge in [0.05, 0.1) is 0 Å². The fourth-order valence-corrected chi connectivity index (χ4v) is 3.07. The minimum absolute atomic E-state index is 0.00512. The predicted octanol–water partition coefficient (Wildman–Crippen LogP) is 3.69. The Kier molecular flexibility index (Phi) is 7.21. The van der Waals surface area contributed by atoms with Gasteiger partial charge in [-0.3, -0.25) is 4.79 Å². The van der Waals surface area contributed by atoms with Crippen molar-refractivity contribution in [3.63, 3.8) is 0 Å². The predicted molar refractivity (Wildman–Crippen MR) is 107 cm³/mol. The second-order valence-corrected chi connectivity index (χ2v) is 7.30. The molecule has 0 atom stereocenters. The van der Waals surface area contributed by atoms with Crippen LogP contribution in [0, 0.1) is 0 Å². The van der Waals surface area contributed by atoms with Gasteiger partial charge in [0, 0.05) is 28.7 Å². The second-order valence-electron chi connectivity index (χ2n) is 6.43. The van der Waals surface area contributed by atoms with Gasteiger partial charge in [0.2, 0.25) is 0 Å². The fourth-order valence-electron chi connectivity index (χ4n) is 2.81. The van der Waals surface area contributed by atoms with E-state index in [1.165, 1.54) is 0 Å². The lowest BCUT2D eigenvalue weighted by molar-refractivity contribution is -0.124. The lowest BCUT2D eigenvalue weighted by Crippen LogP contribution is -2.53. The van der Waals surface area contributed by atoms with Crippen molar-refractivity contribution in [2.24, 2.45) is 0 Å². The summed E-state index contributed by atoms with van der Waals surface area (Å²) in [5.74, 6) is 1.32. The molecule has 0 spiro atoms. The van der Waals surface area contributed by atoms with Crippen molar-refractivity contribution in [2.75, 3.05) is 19.8 Å².